The second kappa shape index (κ2) is 12.5. The molecule has 10 nitrogen and oxygen atoms in total. The van der Waals surface area contributed by atoms with Gasteiger partial charge in [-0.2, -0.15) is 5.10 Å². The van der Waals surface area contributed by atoms with Crippen LogP contribution in [-0.4, -0.2) is 68.4 Å². The van der Waals surface area contributed by atoms with Gasteiger partial charge >= 0.3 is 11.8 Å². The lowest BCUT2D eigenvalue weighted by Crippen LogP contribution is -2.43. The highest BCUT2D eigenvalue weighted by atomic mass is 16.5. The number of morpholine rings is 1. The summed E-state index contributed by atoms with van der Waals surface area (Å²) in [6.07, 6.45) is 1.38. The number of ether oxygens (including phenoxy) is 3. The quantitative estimate of drug-likeness (QED) is 0.338. The Morgan fingerprint density at radius 1 is 1.00 bits per heavy atom. The van der Waals surface area contributed by atoms with E-state index in [-0.39, 0.29) is 12.5 Å². The lowest BCUT2D eigenvalue weighted by molar-refractivity contribution is -0.137. The highest BCUT2D eigenvalue weighted by molar-refractivity contribution is 6.39. The fraction of sp³-hybridized carbons (Fsp3) is 0.360. The van der Waals surface area contributed by atoms with E-state index in [1.54, 1.807) is 35.2 Å². The van der Waals surface area contributed by atoms with Gasteiger partial charge in [0.2, 0.25) is 0 Å². The molecule has 0 bridgehead atoms. The normalized spacial score (nSPS) is 13.4. The molecular formula is C25H30N4O6. The summed E-state index contributed by atoms with van der Waals surface area (Å²) in [5.74, 6) is -0.990. The smallest absolute Gasteiger partial charge is 0.329 e. The van der Waals surface area contributed by atoms with Crippen LogP contribution in [0.3, 0.4) is 0 Å². The number of benzene rings is 2. The predicted octanol–water partition coefficient (Wildman–Crippen LogP) is 2.03. The van der Waals surface area contributed by atoms with E-state index in [4.69, 9.17) is 14.2 Å². The van der Waals surface area contributed by atoms with Crippen molar-refractivity contribution >= 4 is 29.6 Å². The number of amides is 3. The highest BCUT2D eigenvalue weighted by Crippen LogP contribution is 2.28. The van der Waals surface area contributed by atoms with Crippen molar-refractivity contribution in [3.63, 3.8) is 0 Å². The highest BCUT2D eigenvalue weighted by Gasteiger charge is 2.18. The first-order valence-corrected chi connectivity index (χ1v) is 11.3. The SMILES string of the molecule is CCOc1cc(/C=N\NC(=O)C(=O)Nc2ccc(C)c(C)c2)ccc1OCC(=O)N1CCOCC1. The first-order valence-electron chi connectivity index (χ1n) is 11.3. The Kier molecular flexibility index (Phi) is 9.19. The maximum Gasteiger partial charge on any atom is 0.329 e. The first-order chi connectivity index (χ1) is 16.9. The average molecular weight is 483 g/mol. The van der Waals surface area contributed by atoms with E-state index >= 15 is 0 Å². The Morgan fingerprint density at radius 3 is 2.49 bits per heavy atom. The van der Waals surface area contributed by atoms with E-state index in [9.17, 15) is 14.4 Å². The van der Waals surface area contributed by atoms with Gasteiger partial charge in [-0.05, 0) is 67.8 Å². The number of hydrogen-bond acceptors (Lipinski definition) is 7. The van der Waals surface area contributed by atoms with E-state index in [2.05, 4.69) is 15.8 Å². The van der Waals surface area contributed by atoms with E-state index < -0.39 is 11.8 Å². The number of aryl methyl sites for hydroxylation is 2. The molecule has 0 aromatic heterocycles. The van der Waals surface area contributed by atoms with Crippen molar-refractivity contribution in [3.05, 3.63) is 53.1 Å². The molecule has 0 saturated carbocycles. The zero-order valence-electron chi connectivity index (χ0n) is 20.1. The predicted molar refractivity (Wildman–Crippen MR) is 131 cm³/mol. The molecule has 35 heavy (non-hydrogen) atoms. The van der Waals surface area contributed by atoms with Crippen molar-refractivity contribution in [2.24, 2.45) is 5.10 Å². The van der Waals surface area contributed by atoms with E-state index in [1.807, 2.05) is 26.8 Å². The third kappa shape index (κ3) is 7.54. The molecule has 2 aromatic carbocycles. The molecule has 3 rings (SSSR count). The molecule has 1 saturated heterocycles. The third-order valence-corrected chi connectivity index (χ3v) is 5.33. The Morgan fingerprint density at radius 2 is 1.77 bits per heavy atom. The fourth-order valence-electron chi connectivity index (χ4n) is 3.26. The average Bonchev–Trinajstić information content (AvgIpc) is 2.86. The Hall–Kier alpha value is -3.92. The van der Waals surface area contributed by atoms with Crippen LogP contribution in [0, 0.1) is 13.8 Å². The molecule has 0 atom stereocenters. The van der Waals surface area contributed by atoms with Crippen LogP contribution in [0.4, 0.5) is 5.69 Å². The molecule has 0 unspecified atom stereocenters. The lowest BCUT2D eigenvalue weighted by atomic mass is 10.1. The molecule has 0 radical (unpaired) electrons. The lowest BCUT2D eigenvalue weighted by Gasteiger charge is -2.26. The fourth-order valence-corrected chi connectivity index (χ4v) is 3.26. The molecule has 10 heteroatoms. The third-order valence-electron chi connectivity index (χ3n) is 5.33. The van der Waals surface area contributed by atoms with Crippen LogP contribution in [0.25, 0.3) is 0 Å². The second-order valence-electron chi connectivity index (χ2n) is 7.87. The maximum absolute atomic E-state index is 12.3. The van der Waals surface area contributed by atoms with Crippen molar-refractivity contribution in [3.8, 4) is 11.5 Å². The number of hydrazone groups is 1. The second-order valence-corrected chi connectivity index (χ2v) is 7.87. The summed E-state index contributed by atoms with van der Waals surface area (Å²) >= 11 is 0. The van der Waals surface area contributed by atoms with Crippen LogP contribution in [0.1, 0.15) is 23.6 Å². The molecule has 1 aliphatic rings. The number of nitrogens with one attached hydrogen (secondary N) is 2. The van der Waals surface area contributed by atoms with E-state index in [1.165, 1.54) is 6.21 Å². The van der Waals surface area contributed by atoms with Crippen LogP contribution in [-0.2, 0) is 19.1 Å². The van der Waals surface area contributed by atoms with Crippen molar-refractivity contribution < 1.29 is 28.6 Å². The van der Waals surface area contributed by atoms with Crippen molar-refractivity contribution in [2.45, 2.75) is 20.8 Å². The minimum absolute atomic E-state index is 0.112. The maximum atomic E-state index is 12.3. The van der Waals surface area contributed by atoms with Crippen LogP contribution < -0.4 is 20.2 Å². The monoisotopic (exact) mass is 482 g/mol. The summed E-state index contributed by atoms with van der Waals surface area (Å²) in [5, 5.41) is 6.39. The molecule has 0 aliphatic carbocycles. The molecule has 2 aromatic rings. The molecule has 0 spiro atoms. The van der Waals surface area contributed by atoms with Gasteiger partial charge in [0.25, 0.3) is 5.91 Å². The van der Waals surface area contributed by atoms with Gasteiger partial charge < -0.3 is 24.4 Å². The van der Waals surface area contributed by atoms with Crippen LogP contribution in [0.2, 0.25) is 0 Å². The minimum Gasteiger partial charge on any atom is -0.490 e. The first kappa shape index (κ1) is 25.7. The van der Waals surface area contributed by atoms with Gasteiger partial charge in [0.05, 0.1) is 26.0 Å². The largest absolute Gasteiger partial charge is 0.490 e. The number of anilines is 1. The summed E-state index contributed by atoms with van der Waals surface area (Å²) in [6, 6.07) is 10.4. The van der Waals surface area contributed by atoms with Crippen molar-refractivity contribution in [1.29, 1.82) is 0 Å². The van der Waals surface area contributed by atoms with Gasteiger partial charge in [0.1, 0.15) is 0 Å². The Labute approximate surface area is 204 Å². The molecular weight excluding hydrogens is 452 g/mol. The minimum atomic E-state index is -0.897. The zero-order valence-corrected chi connectivity index (χ0v) is 20.1. The van der Waals surface area contributed by atoms with Gasteiger partial charge in [-0.3, -0.25) is 14.4 Å². The number of carbonyl (C=O) groups excluding carboxylic acids is 3. The molecule has 3 amide bonds. The van der Waals surface area contributed by atoms with Gasteiger partial charge in [-0.15, -0.1) is 0 Å². The summed E-state index contributed by atoms with van der Waals surface area (Å²) in [7, 11) is 0. The van der Waals surface area contributed by atoms with Gasteiger partial charge in [-0.25, -0.2) is 5.43 Å². The zero-order chi connectivity index (χ0) is 25.2. The topological polar surface area (TPSA) is 119 Å². The van der Waals surface area contributed by atoms with Crippen LogP contribution in [0.5, 0.6) is 11.5 Å². The number of carbonyl (C=O) groups is 3. The molecule has 1 fully saturated rings. The Balaban J connectivity index is 1.55. The standard InChI is InChI=1S/C25H30N4O6/c1-4-34-22-14-19(6-8-21(22)35-16-23(30)29-9-11-33-12-10-29)15-26-28-25(32)24(31)27-20-7-5-17(2)18(3)13-20/h5-8,13-15H,4,9-12,16H2,1-3H3,(H,27,31)(H,28,32)/b26-15-. The summed E-state index contributed by atoms with van der Waals surface area (Å²) in [5.41, 5.74) is 5.43. The summed E-state index contributed by atoms with van der Waals surface area (Å²) in [6.45, 7) is 8.13. The number of nitrogens with zero attached hydrogens (tertiary/aromatic N) is 2. The molecule has 1 aliphatic heterocycles. The van der Waals surface area contributed by atoms with Crippen LogP contribution in [0.15, 0.2) is 41.5 Å². The summed E-state index contributed by atoms with van der Waals surface area (Å²) < 4.78 is 16.6. The van der Waals surface area contributed by atoms with Gasteiger partial charge in [0.15, 0.2) is 18.1 Å². The number of hydrogen-bond donors (Lipinski definition) is 2. The number of rotatable bonds is 8. The van der Waals surface area contributed by atoms with E-state index in [0.717, 1.165) is 11.1 Å². The summed E-state index contributed by atoms with van der Waals surface area (Å²) in [4.78, 5) is 38.2. The molecule has 2 N–H and O–H groups in total. The van der Waals surface area contributed by atoms with Crippen molar-refractivity contribution in [2.75, 3.05) is 44.8 Å². The Bertz CT molecular complexity index is 1100. The van der Waals surface area contributed by atoms with Crippen LogP contribution >= 0.6 is 0 Å². The molecule has 1 heterocycles. The van der Waals surface area contributed by atoms with Crippen molar-refractivity contribution in [1.82, 2.24) is 10.3 Å². The van der Waals surface area contributed by atoms with E-state index in [0.29, 0.717) is 55.7 Å². The van der Waals surface area contributed by atoms with Gasteiger partial charge in [-0.1, -0.05) is 6.07 Å². The van der Waals surface area contributed by atoms with Gasteiger partial charge in [0, 0.05) is 18.8 Å². The molecule has 186 valence electrons.